The molecule has 40 heavy (non-hydrogen) atoms. The molecule has 3 aliphatic heterocycles. The van der Waals surface area contributed by atoms with Crippen LogP contribution >= 0.6 is 0 Å². The Bertz CT molecular complexity index is 1150. The first-order valence-corrected chi connectivity index (χ1v) is 15.7. The molecule has 3 heterocycles. The van der Waals surface area contributed by atoms with Gasteiger partial charge >= 0.3 is 5.97 Å². The molecule has 0 aliphatic carbocycles. The van der Waals surface area contributed by atoms with Gasteiger partial charge < -0.3 is 29.7 Å². The van der Waals surface area contributed by atoms with Crippen LogP contribution < -0.4 is 9.47 Å². The molecule has 0 spiro atoms. The van der Waals surface area contributed by atoms with E-state index in [1.807, 2.05) is 11.8 Å². The molecule has 0 saturated carbocycles. The summed E-state index contributed by atoms with van der Waals surface area (Å²) >= 11 is 0. The molecule has 2 saturated heterocycles. The number of carboxylic acid groups (broad SMARTS) is 1. The van der Waals surface area contributed by atoms with Crippen LogP contribution in [0, 0.1) is 5.92 Å². The zero-order valence-electron chi connectivity index (χ0n) is 23.0. The summed E-state index contributed by atoms with van der Waals surface area (Å²) in [5.74, 6) is -1.64. The maximum Gasteiger partial charge on any atom is 0.308 e. The number of nitrogens with zero attached hydrogens (tertiary/aromatic N) is 3. The normalized spacial score (nSPS) is 24.0. The number of rotatable bonds is 14. The molecule has 0 unspecified atom stereocenters. The molecular weight excluding hydrogens is 542 g/mol. The molecule has 1 amide bonds. The highest BCUT2D eigenvalue weighted by Crippen LogP contribution is 2.44. The molecule has 0 bridgehead atoms. The van der Waals surface area contributed by atoms with Crippen molar-refractivity contribution in [3.63, 3.8) is 0 Å². The molecule has 224 valence electrons. The summed E-state index contributed by atoms with van der Waals surface area (Å²) in [5, 5.41) is 29.7. The molecule has 3 atom stereocenters. The molecular formula is C27H41N3O9S. The Morgan fingerprint density at radius 3 is 2.58 bits per heavy atom. The SMILES string of the molecule is CCCCN(CCCO)C(=O)CN1C[C@H](c2cc(CO)c3c(c2)OCO3)[C@@H](C(=O)O)[C@@H]1CCN1CCCS1(=O)=O. The highest BCUT2D eigenvalue weighted by Gasteiger charge is 2.48. The van der Waals surface area contributed by atoms with Crippen molar-refractivity contribution >= 4 is 21.9 Å². The van der Waals surface area contributed by atoms with Crippen molar-refractivity contribution in [2.24, 2.45) is 5.92 Å². The van der Waals surface area contributed by atoms with Crippen molar-refractivity contribution in [2.75, 3.05) is 58.4 Å². The highest BCUT2D eigenvalue weighted by atomic mass is 32.2. The first-order valence-electron chi connectivity index (χ1n) is 14.1. The number of aliphatic hydroxyl groups is 2. The van der Waals surface area contributed by atoms with E-state index in [9.17, 15) is 33.3 Å². The molecule has 12 nitrogen and oxygen atoms in total. The zero-order valence-corrected chi connectivity index (χ0v) is 23.9. The molecule has 0 radical (unpaired) electrons. The van der Waals surface area contributed by atoms with E-state index in [4.69, 9.17) is 9.47 Å². The van der Waals surface area contributed by atoms with Crippen LogP contribution in [-0.4, -0.2) is 114 Å². The van der Waals surface area contributed by atoms with Crippen LogP contribution in [0.15, 0.2) is 12.1 Å². The van der Waals surface area contributed by atoms with E-state index in [1.165, 1.54) is 4.31 Å². The van der Waals surface area contributed by atoms with Gasteiger partial charge in [0, 0.05) is 56.9 Å². The van der Waals surface area contributed by atoms with E-state index < -0.39 is 33.9 Å². The fourth-order valence-electron chi connectivity index (χ4n) is 6.09. The smallest absolute Gasteiger partial charge is 0.308 e. The lowest BCUT2D eigenvalue weighted by Crippen LogP contribution is -2.46. The Balaban J connectivity index is 1.63. The Kier molecular flexibility index (Phi) is 10.3. The number of hydrogen-bond acceptors (Lipinski definition) is 9. The number of carbonyl (C=O) groups excluding carboxylic acids is 1. The van der Waals surface area contributed by atoms with Gasteiger partial charge in [0.15, 0.2) is 11.5 Å². The molecule has 4 rings (SSSR count). The summed E-state index contributed by atoms with van der Waals surface area (Å²) in [6, 6.07) is 2.89. The van der Waals surface area contributed by atoms with Crippen molar-refractivity contribution in [2.45, 2.75) is 57.6 Å². The quantitative estimate of drug-likeness (QED) is 0.286. The lowest BCUT2D eigenvalue weighted by atomic mass is 9.83. The molecule has 1 aromatic carbocycles. The third kappa shape index (κ3) is 6.71. The lowest BCUT2D eigenvalue weighted by Gasteiger charge is -2.30. The van der Waals surface area contributed by atoms with E-state index in [2.05, 4.69) is 0 Å². The number of aliphatic carboxylic acids is 1. The maximum atomic E-state index is 13.5. The van der Waals surface area contributed by atoms with Crippen LogP contribution in [0.2, 0.25) is 0 Å². The Morgan fingerprint density at radius 1 is 1.15 bits per heavy atom. The fourth-order valence-corrected chi connectivity index (χ4v) is 7.64. The summed E-state index contributed by atoms with van der Waals surface area (Å²) in [5.41, 5.74) is 1.16. The number of carboxylic acids is 1. The number of ether oxygens (including phenoxy) is 2. The predicted molar refractivity (Wildman–Crippen MR) is 146 cm³/mol. The number of unbranched alkanes of at least 4 members (excludes halogenated alkanes) is 1. The summed E-state index contributed by atoms with van der Waals surface area (Å²) in [6.07, 6.45) is 2.98. The van der Waals surface area contributed by atoms with Gasteiger partial charge in [0.25, 0.3) is 0 Å². The van der Waals surface area contributed by atoms with E-state index in [-0.39, 0.29) is 57.7 Å². The van der Waals surface area contributed by atoms with Crippen LogP contribution in [-0.2, 0) is 26.2 Å². The number of hydrogen-bond donors (Lipinski definition) is 3. The van der Waals surface area contributed by atoms with Crippen LogP contribution in [0.1, 0.15) is 56.1 Å². The number of fused-ring (bicyclic) bond motifs is 1. The summed E-state index contributed by atoms with van der Waals surface area (Å²) in [4.78, 5) is 29.8. The minimum Gasteiger partial charge on any atom is -0.481 e. The van der Waals surface area contributed by atoms with E-state index in [1.54, 1.807) is 17.0 Å². The minimum absolute atomic E-state index is 0.00775. The lowest BCUT2D eigenvalue weighted by molar-refractivity contribution is -0.144. The Hall–Kier alpha value is -2.45. The average Bonchev–Trinajstić information content (AvgIpc) is 3.63. The van der Waals surface area contributed by atoms with Crippen LogP contribution in [0.5, 0.6) is 11.5 Å². The van der Waals surface area contributed by atoms with E-state index >= 15 is 0 Å². The standard InChI is InChI=1S/C27H41N3O9S/c1-2-3-7-28(8-4-11-31)24(33)16-29-15-21(19-13-20(17-32)26-23(14-19)38-18-39-26)25(27(34)35)22(29)6-10-30-9-5-12-40(30,36)37/h13-14,21-22,25,31-32H,2-12,15-18H2,1H3,(H,34,35)/t21-,22+,25-/m1/s1. The third-order valence-electron chi connectivity index (χ3n) is 8.14. The minimum atomic E-state index is -3.36. The number of likely N-dealkylation sites (tertiary alicyclic amines) is 1. The molecule has 3 N–H and O–H groups in total. The first kappa shape index (κ1) is 30.5. The zero-order chi connectivity index (χ0) is 28.9. The second kappa shape index (κ2) is 13.5. The number of amides is 1. The van der Waals surface area contributed by atoms with E-state index in [0.29, 0.717) is 55.1 Å². The molecule has 0 aromatic heterocycles. The summed E-state index contributed by atoms with van der Waals surface area (Å²) in [6.45, 7) is 3.51. The third-order valence-corrected chi connectivity index (χ3v) is 10.1. The number of aliphatic hydroxyl groups excluding tert-OH is 2. The Morgan fingerprint density at radius 2 is 1.93 bits per heavy atom. The van der Waals surface area contributed by atoms with E-state index in [0.717, 1.165) is 12.8 Å². The van der Waals surface area contributed by atoms with Crippen molar-refractivity contribution in [3.05, 3.63) is 23.3 Å². The molecule has 1 aromatic rings. The van der Waals surface area contributed by atoms with Gasteiger partial charge in [-0.3, -0.25) is 14.5 Å². The second-order valence-electron chi connectivity index (χ2n) is 10.7. The monoisotopic (exact) mass is 583 g/mol. The second-order valence-corrected chi connectivity index (χ2v) is 12.8. The summed E-state index contributed by atoms with van der Waals surface area (Å²) in [7, 11) is -3.36. The van der Waals surface area contributed by atoms with Crippen LogP contribution in [0.4, 0.5) is 0 Å². The van der Waals surface area contributed by atoms with Gasteiger partial charge in [-0.05, 0) is 43.4 Å². The van der Waals surface area contributed by atoms with Gasteiger partial charge in [0.05, 0.1) is 24.8 Å². The largest absolute Gasteiger partial charge is 0.481 e. The predicted octanol–water partition coefficient (Wildman–Crippen LogP) is 0.813. The first-order chi connectivity index (χ1) is 19.2. The molecule has 3 aliphatic rings. The van der Waals surface area contributed by atoms with Crippen LogP contribution in [0.3, 0.4) is 0 Å². The van der Waals surface area contributed by atoms with Crippen molar-refractivity contribution < 1.29 is 42.8 Å². The highest BCUT2D eigenvalue weighted by molar-refractivity contribution is 7.89. The van der Waals surface area contributed by atoms with Crippen LogP contribution in [0.25, 0.3) is 0 Å². The van der Waals surface area contributed by atoms with Gasteiger partial charge in [0.1, 0.15) is 0 Å². The maximum absolute atomic E-state index is 13.5. The Labute approximate surface area is 235 Å². The number of carbonyl (C=O) groups is 2. The summed E-state index contributed by atoms with van der Waals surface area (Å²) < 4.78 is 37.4. The van der Waals surface area contributed by atoms with Gasteiger partial charge in [-0.25, -0.2) is 12.7 Å². The van der Waals surface area contributed by atoms with Crippen molar-refractivity contribution in [3.8, 4) is 11.5 Å². The fraction of sp³-hybridized carbons (Fsp3) is 0.704. The number of benzene rings is 1. The van der Waals surface area contributed by atoms with Gasteiger partial charge in [-0.1, -0.05) is 13.3 Å². The van der Waals surface area contributed by atoms with Gasteiger partial charge in [-0.15, -0.1) is 0 Å². The number of sulfonamides is 1. The average molecular weight is 584 g/mol. The molecule has 2 fully saturated rings. The van der Waals surface area contributed by atoms with Gasteiger partial charge in [-0.2, -0.15) is 0 Å². The van der Waals surface area contributed by atoms with Crippen molar-refractivity contribution in [1.82, 2.24) is 14.1 Å². The van der Waals surface area contributed by atoms with Gasteiger partial charge in [0.2, 0.25) is 22.7 Å². The topological polar surface area (TPSA) is 157 Å². The molecule has 13 heteroatoms. The van der Waals surface area contributed by atoms with Crippen molar-refractivity contribution in [1.29, 1.82) is 0 Å².